The van der Waals surface area contributed by atoms with Crippen molar-refractivity contribution in [3.63, 3.8) is 0 Å². The van der Waals surface area contributed by atoms with Gasteiger partial charge >= 0.3 is 5.97 Å². The molecule has 1 unspecified atom stereocenters. The number of ether oxygens (including phenoxy) is 2. The Hall–Kier alpha value is -2.76. The third-order valence-corrected chi connectivity index (χ3v) is 3.88. The van der Waals surface area contributed by atoms with E-state index in [0.29, 0.717) is 11.7 Å². The number of nitrogens with one attached hydrogen (secondary N) is 1. The average Bonchev–Trinajstić information content (AvgIpc) is 3.05. The van der Waals surface area contributed by atoms with Crippen LogP contribution in [0.2, 0.25) is 0 Å². The van der Waals surface area contributed by atoms with Crippen LogP contribution in [0.4, 0.5) is 0 Å². The van der Waals surface area contributed by atoms with Gasteiger partial charge in [0.15, 0.2) is 5.76 Å². The van der Waals surface area contributed by atoms with Crippen molar-refractivity contribution in [2.75, 3.05) is 6.61 Å². The first-order valence-corrected chi connectivity index (χ1v) is 8.67. The highest BCUT2D eigenvalue weighted by Crippen LogP contribution is 2.29. The fourth-order valence-corrected chi connectivity index (χ4v) is 2.29. The Morgan fingerprint density at radius 2 is 1.88 bits per heavy atom. The third-order valence-electron chi connectivity index (χ3n) is 3.88. The minimum absolute atomic E-state index is 0.0637. The molecule has 0 saturated heterocycles. The summed E-state index contributed by atoms with van der Waals surface area (Å²) < 4.78 is 16.1. The molecule has 1 atom stereocenters. The van der Waals surface area contributed by atoms with Crippen LogP contribution in [0.5, 0.6) is 11.7 Å². The van der Waals surface area contributed by atoms with E-state index in [1.54, 1.807) is 19.9 Å². The predicted octanol–water partition coefficient (Wildman–Crippen LogP) is 4.19. The van der Waals surface area contributed by atoms with Crippen LogP contribution in [0.3, 0.4) is 0 Å². The monoisotopic (exact) mass is 359 g/mol. The van der Waals surface area contributed by atoms with E-state index in [1.807, 2.05) is 19.1 Å². The molecule has 1 N–H and O–H groups in total. The molecule has 0 radical (unpaired) electrons. The molecule has 26 heavy (non-hydrogen) atoms. The number of benzene rings is 1. The van der Waals surface area contributed by atoms with Gasteiger partial charge < -0.3 is 19.2 Å². The summed E-state index contributed by atoms with van der Waals surface area (Å²) in [4.78, 5) is 23.8. The summed E-state index contributed by atoms with van der Waals surface area (Å²) in [5.74, 6) is 0.326. The molecule has 1 aromatic heterocycles. The van der Waals surface area contributed by atoms with Gasteiger partial charge in [0.1, 0.15) is 11.8 Å². The second-order valence-electron chi connectivity index (χ2n) is 6.35. The maximum atomic E-state index is 12.2. The van der Waals surface area contributed by atoms with Gasteiger partial charge in [-0.1, -0.05) is 26.0 Å². The minimum atomic E-state index is -0.762. The summed E-state index contributed by atoms with van der Waals surface area (Å²) in [7, 11) is 0. The molecule has 1 amide bonds. The van der Waals surface area contributed by atoms with Crippen LogP contribution in [-0.4, -0.2) is 24.5 Å². The molecule has 0 bridgehead atoms. The fourth-order valence-electron chi connectivity index (χ4n) is 2.29. The highest BCUT2D eigenvalue weighted by Gasteiger charge is 2.20. The van der Waals surface area contributed by atoms with Gasteiger partial charge in [0.05, 0.1) is 6.61 Å². The summed E-state index contributed by atoms with van der Waals surface area (Å²) in [6, 6.07) is 8.33. The lowest BCUT2D eigenvalue weighted by molar-refractivity contribution is -0.144. The lowest BCUT2D eigenvalue weighted by atomic mass is 10.0. The van der Waals surface area contributed by atoms with Gasteiger partial charge in [0, 0.05) is 6.07 Å². The third kappa shape index (κ3) is 4.88. The molecule has 1 aromatic carbocycles. The van der Waals surface area contributed by atoms with Crippen molar-refractivity contribution in [2.24, 2.45) is 0 Å². The largest absolute Gasteiger partial charge is 0.464 e. The molecule has 0 saturated carbocycles. The first-order chi connectivity index (χ1) is 12.3. The molecular formula is C20H25NO5. The molecule has 2 aromatic rings. The maximum Gasteiger partial charge on any atom is 0.328 e. The number of amides is 1. The Morgan fingerprint density at radius 3 is 2.54 bits per heavy atom. The molecule has 140 valence electrons. The molecule has 1 heterocycles. The normalized spacial score (nSPS) is 11.9. The van der Waals surface area contributed by atoms with E-state index >= 15 is 0 Å². The SMILES string of the molecule is CCOC(=O)C(C)NC(=O)c1ccc(Oc2cc(C(C)C)ccc2C)o1. The summed E-state index contributed by atoms with van der Waals surface area (Å²) in [6.07, 6.45) is 0. The maximum absolute atomic E-state index is 12.2. The summed E-state index contributed by atoms with van der Waals surface area (Å²) >= 11 is 0. The number of esters is 1. The van der Waals surface area contributed by atoms with Crippen molar-refractivity contribution in [1.29, 1.82) is 0 Å². The number of aryl methyl sites for hydroxylation is 1. The molecule has 6 nitrogen and oxygen atoms in total. The standard InChI is InChI=1S/C20H25NO5/c1-6-24-20(23)14(5)21-19(22)16-9-10-18(25-16)26-17-11-15(12(2)3)8-7-13(17)4/h7-12,14H,6H2,1-5H3,(H,21,22). The van der Waals surface area contributed by atoms with E-state index in [9.17, 15) is 9.59 Å². The van der Waals surface area contributed by atoms with Gasteiger partial charge in [-0.3, -0.25) is 4.79 Å². The highest BCUT2D eigenvalue weighted by atomic mass is 16.6. The first kappa shape index (κ1) is 19.6. The van der Waals surface area contributed by atoms with Crippen LogP contribution < -0.4 is 10.1 Å². The van der Waals surface area contributed by atoms with Gasteiger partial charge in [0.2, 0.25) is 0 Å². The second-order valence-corrected chi connectivity index (χ2v) is 6.35. The summed E-state index contributed by atoms with van der Waals surface area (Å²) in [5.41, 5.74) is 2.12. The van der Waals surface area contributed by atoms with Crippen molar-refractivity contribution in [1.82, 2.24) is 5.32 Å². The molecule has 0 aliphatic heterocycles. The van der Waals surface area contributed by atoms with Gasteiger partial charge in [-0.05, 0) is 49.9 Å². The zero-order chi connectivity index (χ0) is 19.3. The van der Waals surface area contributed by atoms with Gasteiger partial charge in [-0.15, -0.1) is 0 Å². The quantitative estimate of drug-likeness (QED) is 0.750. The number of hydrogen-bond acceptors (Lipinski definition) is 5. The van der Waals surface area contributed by atoms with Crippen molar-refractivity contribution < 1.29 is 23.5 Å². The lowest BCUT2D eigenvalue weighted by Crippen LogP contribution is -2.39. The van der Waals surface area contributed by atoms with Crippen molar-refractivity contribution in [2.45, 2.75) is 46.6 Å². The van der Waals surface area contributed by atoms with Gasteiger partial charge in [-0.2, -0.15) is 0 Å². The predicted molar refractivity (Wildman–Crippen MR) is 97.6 cm³/mol. The highest BCUT2D eigenvalue weighted by molar-refractivity contribution is 5.94. The Kier molecular flexibility index (Phi) is 6.44. The zero-order valence-corrected chi connectivity index (χ0v) is 15.8. The topological polar surface area (TPSA) is 77.8 Å². The van der Waals surface area contributed by atoms with Crippen LogP contribution in [0, 0.1) is 6.92 Å². The molecule has 6 heteroatoms. The number of carbonyl (C=O) groups is 2. The number of furan rings is 1. The number of hydrogen-bond donors (Lipinski definition) is 1. The van der Waals surface area contributed by atoms with E-state index in [2.05, 4.69) is 25.2 Å². The van der Waals surface area contributed by atoms with E-state index in [-0.39, 0.29) is 18.3 Å². The minimum Gasteiger partial charge on any atom is -0.464 e. The molecular weight excluding hydrogens is 334 g/mol. The van der Waals surface area contributed by atoms with E-state index in [0.717, 1.165) is 11.1 Å². The number of rotatable bonds is 7. The van der Waals surface area contributed by atoms with Crippen LogP contribution >= 0.6 is 0 Å². The molecule has 0 aliphatic rings. The molecule has 0 aliphatic carbocycles. The van der Waals surface area contributed by atoms with Gasteiger partial charge in [0.25, 0.3) is 11.9 Å². The first-order valence-electron chi connectivity index (χ1n) is 8.67. The van der Waals surface area contributed by atoms with Gasteiger partial charge in [-0.25, -0.2) is 4.79 Å². The van der Waals surface area contributed by atoms with E-state index in [1.165, 1.54) is 6.07 Å². The lowest BCUT2D eigenvalue weighted by Gasteiger charge is -2.12. The van der Waals surface area contributed by atoms with Crippen molar-refractivity contribution >= 4 is 11.9 Å². The number of carbonyl (C=O) groups excluding carboxylic acids is 2. The smallest absolute Gasteiger partial charge is 0.328 e. The second kappa shape index (κ2) is 8.56. The van der Waals surface area contributed by atoms with Crippen LogP contribution in [-0.2, 0) is 9.53 Å². The molecule has 2 rings (SSSR count). The molecule has 0 spiro atoms. The van der Waals surface area contributed by atoms with Crippen molar-refractivity contribution in [3.05, 3.63) is 47.2 Å². The van der Waals surface area contributed by atoms with Crippen molar-refractivity contribution in [3.8, 4) is 11.7 Å². The Labute approximate surface area is 153 Å². The summed E-state index contributed by atoms with van der Waals surface area (Å²) in [6.45, 7) is 9.67. The average molecular weight is 359 g/mol. The summed E-state index contributed by atoms with van der Waals surface area (Å²) in [5, 5.41) is 2.53. The Morgan fingerprint density at radius 1 is 1.15 bits per heavy atom. The Bertz CT molecular complexity index is 778. The van der Waals surface area contributed by atoms with E-state index in [4.69, 9.17) is 13.9 Å². The zero-order valence-electron chi connectivity index (χ0n) is 15.8. The fraction of sp³-hybridized carbons (Fsp3) is 0.400. The van der Waals surface area contributed by atoms with Crippen LogP contribution in [0.25, 0.3) is 0 Å². The van der Waals surface area contributed by atoms with Crippen LogP contribution in [0.1, 0.15) is 55.3 Å². The Balaban J connectivity index is 2.07. The van der Waals surface area contributed by atoms with Crippen LogP contribution in [0.15, 0.2) is 34.7 Å². The molecule has 0 fully saturated rings. The van der Waals surface area contributed by atoms with E-state index < -0.39 is 17.9 Å².